The molecule has 1 heteroatoms. The average molecular weight is 247 g/mol. The number of rotatable bonds is 2. The van der Waals surface area contributed by atoms with Crippen molar-refractivity contribution in [2.24, 2.45) is 10.8 Å². The van der Waals surface area contributed by atoms with Crippen molar-refractivity contribution in [3.05, 3.63) is 0 Å². The fourth-order valence-electron chi connectivity index (χ4n) is 2.15. The van der Waals surface area contributed by atoms with Gasteiger partial charge in [0.25, 0.3) is 0 Å². The van der Waals surface area contributed by atoms with E-state index in [1.807, 2.05) is 0 Å². The Morgan fingerprint density at radius 1 is 1.38 bits per heavy atom. The van der Waals surface area contributed by atoms with Crippen LogP contribution in [0.2, 0.25) is 0 Å². The topological polar surface area (TPSA) is 0 Å². The molecular formula is C12H23Br. The van der Waals surface area contributed by atoms with Crippen LogP contribution in [0.15, 0.2) is 0 Å². The van der Waals surface area contributed by atoms with Crippen LogP contribution in [0.1, 0.15) is 59.8 Å². The summed E-state index contributed by atoms with van der Waals surface area (Å²) in [5.74, 6) is 0. The number of halogens is 1. The minimum Gasteiger partial charge on any atom is -0.0890 e. The van der Waals surface area contributed by atoms with E-state index in [9.17, 15) is 0 Å². The third kappa shape index (κ3) is 4.01. The molecule has 0 aliphatic heterocycles. The smallest absolute Gasteiger partial charge is 0.0151 e. The van der Waals surface area contributed by atoms with Crippen molar-refractivity contribution in [1.29, 1.82) is 0 Å². The van der Waals surface area contributed by atoms with E-state index >= 15 is 0 Å². The summed E-state index contributed by atoms with van der Waals surface area (Å²) in [5, 5.41) is 0. The molecule has 0 aromatic carbocycles. The standard InChI is InChI=1S/C12H23Br/c1-11(2,3)7-8-12(4)6-5-10(13)9-12/h10H,5-9H2,1-4H3. The molecule has 1 aliphatic carbocycles. The van der Waals surface area contributed by atoms with E-state index < -0.39 is 0 Å². The lowest BCUT2D eigenvalue weighted by Gasteiger charge is -2.28. The van der Waals surface area contributed by atoms with Crippen LogP contribution in [0.25, 0.3) is 0 Å². The summed E-state index contributed by atoms with van der Waals surface area (Å²) >= 11 is 3.73. The van der Waals surface area contributed by atoms with Crippen LogP contribution in [-0.2, 0) is 0 Å². The van der Waals surface area contributed by atoms with Gasteiger partial charge in [-0.3, -0.25) is 0 Å². The second kappa shape index (κ2) is 3.92. The van der Waals surface area contributed by atoms with Gasteiger partial charge in [0, 0.05) is 4.83 Å². The Balaban J connectivity index is 2.36. The third-order valence-electron chi connectivity index (χ3n) is 3.25. The zero-order valence-corrected chi connectivity index (χ0v) is 11.1. The van der Waals surface area contributed by atoms with E-state index in [0.29, 0.717) is 10.8 Å². The van der Waals surface area contributed by atoms with Gasteiger partial charge >= 0.3 is 0 Å². The van der Waals surface area contributed by atoms with E-state index in [0.717, 1.165) is 4.83 Å². The van der Waals surface area contributed by atoms with Crippen molar-refractivity contribution < 1.29 is 0 Å². The summed E-state index contributed by atoms with van der Waals surface area (Å²) in [4.78, 5) is 0.789. The van der Waals surface area contributed by atoms with E-state index in [2.05, 4.69) is 43.6 Å². The molecule has 0 aromatic heterocycles. The molecule has 0 radical (unpaired) electrons. The van der Waals surface area contributed by atoms with Crippen molar-refractivity contribution in [2.75, 3.05) is 0 Å². The van der Waals surface area contributed by atoms with Crippen LogP contribution in [0.5, 0.6) is 0 Å². The maximum atomic E-state index is 3.73. The van der Waals surface area contributed by atoms with Gasteiger partial charge in [0.1, 0.15) is 0 Å². The Hall–Kier alpha value is 0.480. The molecule has 78 valence electrons. The van der Waals surface area contributed by atoms with Crippen molar-refractivity contribution in [3.63, 3.8) is 0 Å². The summed E-state index contributed by atoms with van der Waals surface area (Å²) in [5.41, 5.74) is 1.13. The molecule has 13 heavy (non-hydrogen) atoms. The first-order chi connectivity index (χ1) is 5.81. The van der Waals surface area contributed by atoms with Gasteiger partial charge in [-0.15, -0.1) is 0 Å². The van der Waals surface area contributed by atoms with Crippen LogP contribution >= 0.6 is 15.9 Å². The van der Waals surface area contributed by atoms with E-state index in [1.54, 1.807) is 0 Å². The van der Waals surface area contributed by atoms with Gasteiger partial charge in [-0.1, -0.05) is 43.6 Å². The number of alkyl halides is 1. The molecule has 0 nitrogen and oxygen atoms in total. The first-order valence-corrected chi connectivity index (χ1v) is 6.36. The van der Waals surface area contributed by atoms with Gasteiger partial charge in [0.15, 0.2) is 0 Å². The Morgan fingerprint density at radius 3 is 2.38 bits per heavy atom. The highest BCUT2D eigenvalue weighted by molar-refractivity contribution is 9.09. The quantitative estimate of drug-likeness (QED) is 0.617. The molecule has 0 amide bonds. The van der Waals surface area contributed by atoms with Crippen molar-refractivity contribution in [3.8, 4) is 0 Å². The zero-order chi connectivity index (χ0) is 10.1. The molecule has 0 bridgehead atoms. The molecule has 1 rings (SSSR count). The SMILES string of the molecule is CC(C)(C)CCC1(C)CCC(Br)C1. The molecule has 1 saturated carbocycles. The Labute approximate surface area is 91.6 Å². The van der Waals surface area contributed by atoms with Crippen LogP contribution in [0.3, 0.4) is 0 Å². The number of hydrogen-bond donors (Lipinski definition) is 0. The summed E-state index contributed by atoms with van der Waals surface area (Å²) in [6.45, 7) is 9.49. The van der Waals surface area contributed by atoms with Crippen LogP contribution in [0, 0.1) is 10.8 Å². The third-order valence-corrected chi connectivity index (χ3v) is 4.04. The molecule has 0 N–H and O–H groups in total. The lowest BCUT2D eigenvalue weighted by Crippen LogP contribution is -2.16. The molecule has 0 aromatic rings. The summed E-state index contributed by atoms with van der Waals surface area (Å²) < 4.78 is 0. The van der Waals surface area contributed by atoms with Gasteiger partial charge in [0.05, 0.1) is 0 Å². The fourth-order valence-corrected chi connectivity index (χ4v) is 3.16. The van der Waals surface area contributed by atoms with Crippen molar-refractivity contribution in [1.82, 2.24) is 0 Å². The first-order valence-electron chi connectivity index (χ1n) is 5.45. The second-order valence-corrected chi connectivity index (χ2v) is 7.51. The minimum absolute atomic E-state index is 0.507. The zero-order valence-electron chi connectivity index (χ0n) is 9.49. The highest BCUT2D eigenvalue weighted by Crippen LogP contribution is 2.45. The van der Waals surface area contributed by atoms with E-state index in [4.69, 9.17) is 0 Å². The van der Waals surface area contributed by atoms with E-state index in [-0.39, 0.29) is 0 Å². The largest absolute Gasteiger partial charge is 0.0890 e. The van der Waals surface area contributed by atoms with Gasteiger partial charge in [-0.2, -0.15) is 0 Å². The predicted octanol–water partition coefficient (Wildman–Crippen LogP) is 4.77. The average Bonchev–Trinajstić information content (AvgIpc) is 2.27. The van der Waals surface area contributed by atoms with Crippen molar-refractivity contribution in [2.45, 2.75) is 64.6 Å². The highest BCUT2D eigenvalue weighted by Gasteiger charge is 2.34. The molecule has 0 saturated heterocycles. The molecule has 0 heterocycles. The molecule has 2 unspecified atom stereocenters. The normalized spacial score (nSPS) is 35.3. The minimum atomic E-state index is 0.507. The van der Waals surface area contributed by atoms with Crippen LogP contribution in [-0.4, -0.2) is 4.83 Å². The van der Waals surface area contributed by atoms with Gasteiger partial charge in [-0.05, 0) is 42.9 Å². The Bertz CT molecular complexity index is 168. The lowest BCUT2D eigenvalue weighted by molar-refractivity contribution is 0.240. The summed E-state index contributed by atoms with van der Waals surface area (Å²) in [6, 6.07) is 0. The summed E-state index contributed by atoms with van der Waals surface area (Å²) in [7, 11) is 0. The molecule has 0 spiro atoms. The first kappa shape index (κ1) is 11.6. The second-order valence-electron chi connectivity index (χ2n) is 6.21. The van der Waals surface area contributed by atoms with Gasteiger partial charge < -0.3 is 0 Å². The van der Waals surface area contributed by atoms with Crippen LogP contribution < -0.4 is 0 Å². The Kier molecular flexibility index (Phi) is 3.49. The fraction of sp³-hybridized carbons (Fsp3) is 1.00. The predicted molar refractivity (Wildman–Crippen MR) is 63.4 cm³/mol. The maximum Gasteiger partial charge on any atom is 0.0151 e. The monoisotopic (exact) mass is 246 g/mol. The molecule has 1 fully saturated rings. The molecule has 1 aliphatic rings. The maximum absolute atomic E-state index is 3.73. The highest BCUT2D eigenvalue weighted by atomic mass is 79.9. The number of hydrogen-bond acceptors (Lipinski definition) is 0. The van der Waals surface area contributed by atoms with Crippen molar-refractivity contribution >= 4 is 15.9 Å². The summed E-state index contributed by atoms with van der Waals surface area (Å²) in [6.07, 6.45) is 6.94. The Morgan fingerprint density at radius 2 is 2.00 bits per heavy atom. The lowest BCUT2D eigenvalue weighted by atomic mass is 9.78. The molecular weight excluding hydrogens is 224 g/mol. The van der Waals surface area contributed by atoms with Gasteiger partial charge in [0.2, 0.25) is 0 Å². The van der Waals surface area contributed by atoms with Crippen LogP contribution in [0.4, 0.5) is 0 Å². The molecule has 2 atom stereocenters. The van der Waals surface area contributed by atoms with Gasteiger partial charge in [-0.25, -0.2) is 0 Å². The van der Waals surface area contributed by atoms with E-state index in [1.165, 1.54) is 32.1 Å².